The Morgan fingerprint density at radius 3 is 2.91 bits per heavy atom. The van der Waals surface area contributed by atoms with Crippen LogP contribution in [0.5, 0.6) is 0 Å². The molecule has 11 heavy (non-hydrogen) atoms. The van der Waals surface area contributed by atoms with Crippen LogP contribution in [-0.2, 0) is 0 Å². The van der Waals surface area contributed by atoms with E-state index < -0.39 is 15.3 Å². The molecule has 2 fully saturated rings. The van der Waals surface area contributed by atoms with Crippen molar-refractivity contribution in [2.24, 2.45) is 11.3 Å². The third-order valence-electron chi connectivity index (χ3n) is 3.10. The minimum Gasteiger partial charge on any atom is -0.225 e. The minimum absolute atomic E-state index is 0.340. The van der Waals surface area contributed by atoms with Crippen molar-refractivity contribution in [1.82, 2.24) is 0 Å². The second kappa shape index (κ2) is 2.14. The first-order chi connectivity index (χ1) is 5.32. The SMILES string of the molecule is [2H][C@@]1(Br)CCC[C@@]2(C)C1[C@]2(F)Cl. The molecule has 0 aromatic heterocycles. The van der Waals surface area contributed by atoms with Gasteiger partial charge in [-0.1, -0.05) is 40.9 Å². The zero-order valence-corrected chi connectivity index (χ0v) is 8.67. The predicted molar refractivity (Wildman–Crippen MR) is 47.9 cm³/mol. The van der Waals surface area contributed by atoms with Crippen LogP contribution in [0.25, 0.3) is 0 Å². The third-order valence-corrected chi connectivity index (χ3v) is 4.61. The molecule has 0 N–H and O–H groups in total. The molecule has 0 aliphatic heterocycles. The Labute approximate surface area is 81.0 Å². The monoisotopic (exact) mass is 241 g/mol. The number of rotatable bonds is 0. The van der Waals surface area contributed by atoms with Gasteiger partial charge in [0.05, 0.1) is 0 Å². The normalized spacial score (nSPS) is 70.2. The minimum atomic E-state index is -1.64. The number of hydrogen-bond donors (Lipinski definition) is 0. The Bertz CT molecular complexity index is 223. The van der Waals surface area contributed by atoms with E-state index in [0.717, 1.165) is 12.8 Å². The fourth-order valence-electron chi connectivity index (χ4n) is 2.21. The summed E-state index contributed by atoms with van der Waals surface area (Å²) >= 11 is 8.98. The largest absolute Gasteiger partial charge is 0.225 e. The average molecular weight is 243 g/mol. The van der Waals surface area contributed by atoms with Crippen LogP contribution in [0.3, 0.4) is 0 Å². The van der Waals surface area contributed by atoms with E-state index in [0.29, 0.717) is 6.42 Å². The summed E-state index contributed by atoms with van der Waals surface area (Å²) in [5, 5.41) is -1.64. The molecule has 2 rings (SSSR count). The van der Waals surface area contributed by atoms with Crippen LogP contribution >= 0.6 is 27.5 Å². The standard InChI is InChI=1S/C8H11BrClF/c1-7-4-2-3-5(9)6(7)8(7,10)11/h5-6H,2-4H2,1H3/t5-,6?,7+,8-/m1/s1/i5D. The maximum Gasteiger partial charge on any atom is 0.193 e. The molecule has 0 aromatic carbocycles. The fraction of sp³-hybridized carbons (Fsp3) is 1.00. The van der Waals surface area contributed by atoms with Crippen molar-refractivity contribution in [3.8, 4) is 0 Å². The van der Waals surface area contributed by atoms with Crippen molar-refractivity contribution in [3.05, 3.63) is 0 Å². The Hall–Kier alpha value is 0.700. The van der Waals surface area contributed by atoms with Gasteiger partial charge in [-0.05, 0) is 12.8 Å². The molecule has 0 amide bonds. The molecule has 1 unspecified atom stereocenters. The van der Waals surface area contributed by atoms with Crippen LogP contribution < -0.4 is 0 Å². The second-order valence-electron chi connectivity index (χ2n) is 3.77. The first kappa shape index (κ1) is 7.14. The van der Waals surface area contributed by atoms with Gasteiger partial charge < -0.3 is 0 Å². The first-order valence-corrected chi connectivity index (χ1v) is 5.06. The topological polar surface area (TPSA) is 0 Å². The Kier molecular flexibility index (Phi) is 1.39. The Morgan fingerprint density at radius 1 is 1.82 bits per heavy atom. The summed E-state index contributed by atoms with van der Waals surface area (Å²) in [6.07, 6.45) is 2.40. The van der Waals surface area contributed by atoms with Crippen LogP contribution in [-0.4, -0.2) is 9.93 Å². The molecular formula is C8H11BrClF. The highest BCUT2D eigenvalue weighted by atomic mass is 79.9. The molecule has 64 valence electrons. The first-order valence-electron chi connectivity index (χ1n) is 4.39. The van der Waals surface area contributed by atoms with Crippen molar-refractivity contribution in [2.45, 2.75) is 36.1 Å². The Balaban J connectivity index is 2.31. The van der Waals surface area contributed by atoms with E-state index in [9.17, 15) is 4.39 Å². The van der Waals surface area contributed by atoms with Crippen molar-refractivity contribution in [3.63, 3.8) is 0 Å². The zero-order valence-electron chi connectivity index (χ0n) is 7.33. The molecular weight excluding hydrogens is 230 g/mol. The van der Waals surface area contributed by atoms with E-state index in [4.69, 9.17) is 13.0 Å². The lowest BCUT2D eigenvalue weighted by Gasteiger charge is -2.19. The molecule has 0 heterocycles. The smallest absolute Gasteiger partial charge is 0.193 e. The molecule has 0 aromatic rings. The van der Waals surface area contributed by atoms with Gasteiger partial charge in [0.25, 0.3) is 0 Å². The number of alkyl halides is 3. The maximum absolute atomic E-state index is 13.7. The Morgan fingerprint density at radius 2 is 2.45 bits per heavy atom. The lowest BCUT2D eigenvalue weighted by atomic mass is 9.90. The summed E-state index contributed by atoms with van der Waals surface area (Å²) in [5.41, 5.74) is -0.460. The molecule has 0 nitrogen and oxygen atoms in total. The molecule has 3 heteroatoms. The molecule has 4 atom stereocenters. The molecule has 2 aliphatic carbocycles. The number of hydrogen-bond acceptors (Lipinski definition) is 0. The molecule has 0 bridgehead atoms. The summed E-state index contributed by atoms with van der Waals surface area (Å²) in [5.74, 6) is -0.340. The summed E-state index contributed by atoms with van der Waals surface area (Å²) < 4.78 is 21.5. The van der Waals surface area contributed by atoms with E-state index in [1.54, 1.807) is 0 Å². The summed E-state index contributed by atoms with van der Waals surface area (Å²) in [4.78, 5) is -0.837. The molecule has 0 radical (unpaired) electrons. The lowest BCUT2D eigenvalue weighted by Crippen LogP contribution is -2.14. The maximum atomic E-state index is 13.7. The van der Waals surface area contributed by atoms with Gasteiger partial charge in [0.2, 0.25) is 0 Å². The quantitative estimate of drug-likeness (QED) is 0.571. The van der Waals surface area contributed by atoms with Crippen LogP contribution in [0.4, 0.5) is 4.39 Å². The van der Waals surface area contributed by atoms with E-state index in [1.807, 2.05) is 6.92 Å². The highest BCUT2D eigenvalue weighted by molar-refractivity contribution is 9.09. The van der Waals surface area contributed by atoms with Crippen molar-refractivity contribution >= 4 is 27.5 Å². The van der Waals surface area contributed by atoms with Gasteiger partial charge in [0.15, 0.2) is 5.13 Å². The number of fused-ring (bicyclic) bond motifs is 1. The molecule has 0 spiro atoms. The number of halogens is 3. The van der Waals surface area contributed by atoms with E-state index in [1.165, 1.54) is 0 Å². The van der Waals surface area contributed by atoms with Gasteiger partial charge in [-0.25, -0.2) is 4.39 Å². The van der Waals surface area contributed by atoms with Gasteiger partial charge in [-0.3, -0.25) is 0 Å². The van der Waals surface area contributed by atoms with Crippen LogP contribution in [0.15, 0.2) is 0 Å². The highest BCUT2D eigenvalue weighted by Crippen LogP contribution is 2.74. The fourth-order valence-corrected chi connectivity index (χ4v) is 3.96. The predicted octanol–water partition coefficient (Wildman–Crippen LogP) is 3.47. The van der Waals surface area contributed by atoms with E-state index in [2.05, 4.69) is 15.9 Å². The van der Waals surface area contributed by atoms with Crippen LogP contribution in [0.2, 0.25) is 0 Å². The van der Waals surface area contributed by atoms with Crippen molar-refractivity contribution in [1.29, 1.82) is 0 Å². The lowest BCUT2D eigenvalue weighted by molar-refractivity contribution is 0.313. The summed E-state index contributed by atoms with van der Waals surface area (Å²) in [7, 11) is 0. The second-order valence-corrected chi connectivity index (χ2v) is 5.34. The molecule has 2 aliphatic rings. The van der Waals surface area contributed by atoms with Gasteiger partial charge in [-0.2, -0.15) is 0 Å². The molecule has 2 saturated carbocycles. The summed E-state index contributed by atoms with van der Waals surface area (Å²) in [6.45, 7) is 1.84. The molecule has 0 saturated heterocycles. The third kappa shape index (κ3) is 0.859. The van der Waals surface area contributed by atoms with Crippen LogP contribution in [0, 0.1) is 11.3 Å². The van der Waals surface area contributed by atoms with Gasteiger partial charge in [-0.15, -0.1) is 0 Å². The summed E-state index contributed by atoms with van der Waals surface area (Å²) in [6, 6.07) is 0. The van der Waals surface area contributed by atoms with Crippen molar-refractivity contribution < 1.29 is 5.76 Å². The van der Waals surface area contributed by atoms with Crippen molar-refractivity contribution in [2.75, 3.05) is 0 Å². The zero-order chi connectivity index (χ0) is 9.20. The highest BCUT2D eigenvalue weighted by Gasteiger charge is 2.77. The van der Waals surface area contributed by atoms with E-state index >= 15 is 0 Å². The van der Waals surface area contributed by atoms with Gasteiger partial charge >= 0.3 is 0 Å². The van der Waals surface area contributed by atoms with Gasteiger partial charge in [0, 0.05) is 17.5 Å². The average Bonchev–Trinajstić information content (AvgIpc) is 2.26. The van der Waals surface area contributed by atoms with E-state index in [-0.39, 0.29) is 5.92 Å². The van der Waals surface area contributed by atoms with Gasteiger partial charge in [0.1, 0.15) is 0 Å². The van der Waals surface area contributed by atoms with Crippen LogP contribution in [0.1, 0.15) is 27.6 Å².